The second-order valence-corrected chi connectivity index (χ2v) is 7.94. The van der Waals surface area contributed by atoms with Crippen LogP contribution in [-0.2, 0) is 0 Å². The third-order valence-electron chi connectivity index (χ3n) is 5.23. The Bertz CT molecular complexity index is 808. The zero-order chi connectivity index (χ0) is 18.6. The Kier molecular flexibility index (Phi) is 7.07. The van der Waals surface area contributed by atoms with Gasteiger partial charge < -0.3 is 15.5 Å². The highest BCUT2D eigenvalue weighted by Crippen LogP contribution is 2.21. The number of thiophene rings is 1. The van der Waals surface area contributed by atoms with Gasteiger partial charge in [0.05, 0.1) is 4.88 Å². The summed E-state index contributed by atoms with van der Waals surface area (Å²) in [5.74, 6) is -0.102. The maximum absolute atomic E-state index is 12.9. The SMILES string of the molecule is Cl.O=C(Nc1cccc(C(=O)N2CCC(N3CCNCC3)C2)c1)c1cccs1. The largest absolute Gasteiger partial charge is 0.337 e. The number of hydrogen-bond donors (Lipinski definition) is 2. The molecule has 2 aliphatic rings. The van der Waals surface area contributed by atoms with Crippen molar-refractivity contribution in [3.63, 3.8) is 0 Å². The van der Waals surface area contributed by atoms with E-state index >= 15 is 0 Å². The Labute approximate surface area is 175 Å². The molecule has 28 heavy (non-hydrogen) atoms. The van der Waals surface area contributed by atoms with Crippen LogP contribution in [0.1, 0.15) is 26.5 Å². The van der Waals surface area contributed by atoms with Crippen LogP contribution in [0.25, 0.3) is 0 Å². The van der Waals surface area contributed by atoms with Gasteiger partial charge in [0.1, 0.15) is 0 Å². The van der Waals surface area contributed by atoms with E-state index < -0.39 is 0 Å². The summed E-state index contributed by atoms with van der Waals surface area (Å²) in [5.41, 5.74) is 1.28. The lowest BCUT2D eigenvalue weighted by Crippen LogP contribution is -2.49. The number of hydrogen-bond acceptors (Lipinski definition) is 5. The van der Waals surface area contributed by atoms with Crippen molar-refractivity contribution in [1.82, 2.24) is 15.1 Å². The maximum atomic E-state index is 12.9. The van der Waals surface area contributed by atoms with E-state index in [0.29, 0.717) is 22.2 Å². The lowest BCUT2D eigenvalue weighted by atomic mass is 10.1. The normalized spacial score (nSPS) is 19.9. The molecule has 2 amide bonds. The smallest absolute Gasteiger partial charge is 0.265 e. The number of halogens is 1. The molecule has 0 aliphatic carbocycles. The van der Waals surface area contributed by atoms with Crippen LogP contribution in [0.2, 0.25) is 0 Å². The minimum absolute atomic E-state index is 0. The Balaban J connectivity index is 0.00000225. The number of nitrogens with one attached hydrogen (secondary N) is 2. The van der Waals surface area contributed by atoms with E-state index in [-0.39, 0.29) is 24.2 Å². The number of amides is 2. The molecule has 1 aromatic carbocycles. The van der Waals surface area contributed by atoms with Crippen molar-refractivity contribution in [3.05, 3.63) is 52.2 Å². The van der Waals surface area contributed by atoms with Crippen molar-refractivity contribution in [3.8, 4) is 0 Å². The summed E-state index contributed by atoms with van der Waals surface area (Å²) in [5, 5.41) is 8.12. The van der Waals surface area contributed by atoms with Crippen molar-refractivity contribution in [2.45, 2.75) is 12.5 Å². The third kappa shape index (κ3) is 4.72. The van der Waals surface area contributed by atoms with E-state index in [1.165, 1.54) is 11.3 Å². The Morgan fingerprint density at radius 1 is 1.11 bits per heavy atom. The molecule has 0 spiro atoms. The molecule has 6 nitrogen and oxygen atoms in total. The first-order valence-corrected chi connectivity index (χ1v) is 10.3. The van der Waals surface area contributed by atoms with E-state index in [2.05, 4.69) is 15.5 Å². The van der Waals surface area contributed by atoms with Crippen molar-refractivity contribution in [2.75, 3.05) is 44.6 Å². The zero-order valence-corrected chi connectivity index (χ0v) is 17.2. The summed E-state index contributed by atoms with van der Waals surface area (Å²) in [7, 11) is 0. The van der Waals surface area contributed by atoms with Crippen molar-refractivity contribution in [2.24, 2.45) is 0 Å². The van der Waals surface area contributed by atoms with Gasteiger partial charge in [-0.25, -0.2) is 0 Å². The van der Waals surface area contributed by atoms with Gasteiger partial charge in [0.2, 0.25) is 0 Å². The first-order chi connectivity index (χ1) is 13.2. The number of likely N-dealkylation sites (tertiary alicyclic amines) is 1. The topological polar surface area (TPSA) is 64.7 Å². The second kappa shape index (κ2) is 9.52. The van der Waals surface area contributed by atoms with Gasteiger partial charge in [0, 0.05) is 56.6 Å². The molecule has 0 saturated carbocycles. The first kappa shape index (κ1) is 20.8. The standard InChI is InChI=1S/C20H24N4O2S.ClH/c25-19(18-5-2-12-27-18)22-16-4-1-3-15(13-16)20(26)24-9-6-17(14-24)23-10-7-21-8-11-23;/h1-5,12-13,17,21H,6-11,14H2,(H,22,25);1H. The van der Waals surface area contributed by atoms with Crippen LogP contribution in [0.15, 0.2) is 41.8 Å². The quantitative estimate of drug-likeness (QED) is 0.797. The van der Waals surface area contributed by atoms with Crippen molar-refractivity contribution < 1.29 is 9.59 Å². The van der Waals surface area contributed by atoms with Crippen molar-refractivity contribution >= 4 is 41.2 Å². The number of rotatable bonds is 4. The van der Waals surface area contributed by atoms with Crippen LogP contribution in [0.4, 0.5) is 5.69 Å². The van der Waals surface area contributed by atoms with Crippen LogP contribution in [0, 0.1) is 0 Å². The van der Waals surface area contributed by atoms with Crippen LogP contribution in [0.3, 0.4) is 0 Å². The van der Waals surface area contributed by atoms with E-state index in [1.807, 2.05) is 34.5 Å². The zero-order valence-electron chi connectivity index (χ0n) is 15.6. The molecule has 1 unspecified atom stereocenters. The van der Waals surface area contributed by atoms with Gasteiger partial charge in [-0.15, -0.1) is 23.7 Å². The second-order valence-electron chi connectivity index (χ2n) is 6.99. The van der Waals surface area contributed by atoms with Crippen LogP contribution < -0.4 is 10.6 Å². The summed E-state index contributed by atoms with van der Waals surface area (Å²) in [6.45, 7) is 5.73. The van der Waals surface area contributed by atoms with E-state index in [0.717, 1.165) is 45.7 Å². The van der Waals surface area contributed by atoms with E-state index in [9.17, 15) is 9.59 Å². The molecule has 3 heterocycles. The predicted molar refractivity (Wildman–Crippen MR) is 115 cm³/mol. The summed E-state index contributed by atoms with van der Waals surface area (Å²) >= 11 is 1.40. The fourth-order valence-corrected chi connectivity index (χ4v) is 4.40. The minimum atomic E-state index is -0.144. The van der Waals surface area contributed by atoms with Gasteiger partial charge in [-0.3, -0.25) is 14.5 Å². The fraction of sp³-hybridized carbons (Fsp3) is 0.400. The molecular formula is C20H25ClN4O2S. The predicted octanol–water partition coefficient (Wildman–Crippen LogP) is 2.54. The summed E-state index contributed by atoms with van der Waals surface area (Å²) in [6.07, 6.45) is 1.03. The number of carbonyl (C=O) groups is 2. The highest BCUT2D eigenvalue weighted by Gasteiger charge is 2.31. The number of anilines is 1. The molecule has 150 valence electrons. The average Bonchev–Trinajstić information content (AvgIpc) is 3.40. The highest BCUT2D eigenvalue weighted by molar-refractivity contribution is 7.12. The molecule has 2 aromatic rings. The molecule has 2 saturated heterocycles. The summed E-state index contributed by atoms with van der Waals surface area (Å²) in [6, 6.07) is 11.3. The molecule has 0 bridgehead atoms. The fourth-order valence-electron chi connectivity index (χ4n) is 3.78. The molecule has 8 heteroatoms. The molecule has 1 aromatic heterocycles. The maximum Gasteiger partial charge on any atom is 0.265 e. The number of carbonyl (C=O) groups excluding carboxylic acids is 2. The van der Waals surface area contributed by atoms with Crippen LogP contribution in [0.5, 0.6) is 0 Å². The monoisotopic (exact) mass is 420 g/mol. The minimum Gasteiger partial charge on any atom is -0.337 e. The van der Waals surface area contributed by atoms with Gasteiger partial charge >= 0.3 is 0 Å². The third-order valence-corrected chi connectivity index (χ3v) is 6.10. The lowest BCUT2D eigenvalue weighted by molar-refractivity contribution is 0.0773. The van der Waals surface area contributed by atoms with Crippen LogP contribution in [-0.4, -0.2) is 66.9 Å². The highest BCUT2D eigenvalue weighted by atomic mass is 35.5. The first-order valence-electron chi connectivity index (χ1n) is 9.40. The van der Waals surface area contributed by atoms with Crippen LogP contribution >= 0.6 is 23.7 Å². The molecule has 2 fully saturated rings. The molecular weight excluding hydrogens is 396 g/mol. The molecule has 0 radical (unpaired) electrons. The molecule has 4 rings (SSSR count). The molecule has 2 N–H and O–H groups in total. The van der Waals surface area contributed by atoms with E-state index in [1.54, 1.807) is 12.1 Å². The van der Waals surface area contributed by atoms with Gasteiger partial charge in [-0.2, -0.15) is 0 Å². The summed E-state index contributed by atoms with van der Waals surface area (Å²) in [4.78, 5) is 30.2. The van der Waals surface area contributed by atoms with E-state index in [4.69, 9.17) is 0 Å². The number of piperazine rings is 1. The average molecular weight is 421 g/mol. The molecule has 1 atom stereocenters. The Morgan fingerprint density at radius 2 is 1.93 bits per heavy atom. The number of benzene rings is 1. The van der Waals surface area contributed by atoms with Gasteiger partial charge in [-0.1, -0.05) is 12.1 Å². The molecule has 2 aliphatic heterocycles. The van der Waals surface area contributed by atoms with Gasteiger partial charge in [-0.05, 0) is 36.1 Å². The number of nitrogens with zero attached hydrogens (tertiary/aromatic N) is 2. The van der Waals surface area contributed by atoms with Gasteiger partial charge in [0.25, 0.3) is 11.8 Å². The lowest BCUT2D eigenvalue weighted by Gasteiger charge is -2.32. The van der Waals surface area contributed by atoms with Crippen molar-refractivity contribution in [1.29, 1.82) is 0 Å². The Morgan fingerprint density at radius 3 is 2.68 bits per heavy atom. The Hall–Kier alpha value is -1.93. The summed E-state index contributed by atoms with van der Waals surface area (Å²) < 4.78 is 0. The van der Waals surface area contributed by atoms with Gasteiger partial charge in [0.15, 0.2) is 0 Å².